The van der Waals surface area contributed by atoms with Crippen LogP contribution in [0.25, 0.3) is 0 Å². The summed E-state index contributed by atoms with van der Waals surface area (Å²) in [6, 6.07) is 2.74. The summed E-state index contributed by atoms with van der Waals surface area (Å²) in [5.74, 6) is -12.3. The third kappa shape index (κ3) is 4.30. The van der Waals surface area contributed by atoms with Gasteiger partial charge in [0.2, 0.25) is 11.7 Å². The summed E-state index contributed by atoms with van der Waals surface area (Å²) in [5, 5.41) is 2.27. The molecule has 0 unspecified atom stereocenters. The van der Waals surface area contributed by atoms with Crippen molar-refractivity contribution in [3.8, 4) is 0 Å². The number of amides is 2. The van der Waals surface area contributed by atoms with Crippen LogP contribution in [0.1, 0.15) is 21.6 Å². The predicted octanol–water partition coefficient (Wildman–Crippen LogP) is 1.52. The van der Waals surface area contributed by atoms with E-state index in [0.29, 0.717) is 6.42 Å². The van der Waals surface area contributed by atoms with E-state index in [-0.39, 0.29) is 23.6 Å². The normalized spacial score (nSPS) is 10.7. The monoisotopic (exact) mass is 387 g/mol. The number of nitrogen functional groups attached to an aromatic ring is 1. The lowest BCUT2D eigenvalue weighted by Crippen LogP contribution is -2.26. The number of primary amides is 1. The molecule has 0 aliphatic rings. The Morgan fingerprint density at radius 2 is 1.56 bits per heavy atom. The highest BCUT2D eigenvalue weighted by Gasteiger charge is 2.25. The van der Waals surface area contributed by atoms with Crippen LogP contribution < -0.4 is 16.8 Å². The fourth-order valence-corrected chi connectivity index (χ4v) is 2.14. The molecule has 0 atom stereocenters. The summed E-state index contributed by atoms with van der Waals surface area (Å²) in [6.07, 6.45) is -0.159. The SMILES string of the molecule is NC(=O)c1nc(N)ccc1CNC(=O)[CH]Cc1c(F)c(F)c(F)c(F)c1F. The van der Waals surface area contributed by atoms with Crippen molar-refractivity contribution in [2.24, 2.45) is 5.73 Å². The van der Waals surface area contributed by atoms with Gasteiger partial charge in [0.05, 0.1) is 6.42 Å². The molecule has 1 aromatic heterocycles. The Morgan fingerprint density at radius 3 is 2.11 bits per heavy atom. The minimum atomic E-state index is -2.28. The van der Waals surface area contributed by atoms with Crippen molar-refractivity contribution in [1.29, 1.82) is 0 Å². The number of aromatic nitrogens is 1. The highest BCUT2D eigenvalue weighted by atomic mass is 19.2. The van der Waals surface area contributed by atoms with Crippen LogP contribution >= 0.6 is 0 Å². The number of anilines is 1. The lowest BCUT2D eigenvalue weighted by molar-refractivity contribution is -0.118. The molecule has 2 aromatic rings. The largest absolute Gasteiger partial charge is 0.384 e. The van der Waals surface area contributed by atoms with E-state index in [1.807, 2.05) is 0 Å². The Labute approximate surface area is 149 Å². The van der Waals surface area contributed by atoms with E-state index >= 15 is 0 Å². The maximum atomic E-state index is 13.5. The topological polar surface area (TPSA) is 111 Å². The molecule has 5 N–H and O–H groups in total. The van der Waals surface area contributed by atoms with Gasteiger partial charge in [-0.1, -0.05) is 6.07 Å². The second-order valence-electron chi connectivity index (χ2n) is 5.28. The average Bonchev–Trinajstić information content (AvgIpc) is 2.63. The summed E-state index contributed by atoms with van der Waals surface area (Å²) in [5.41, 5.74) is 9.45. The first-order chi connectivity index (χ1) is 12.6. The van der Waals surface area contributed by atoms with E-state index in [1.54, 1.807) is 0 Å². The molecule has 11 heteroatoms. The molecule has 0 saturated carbocycles. The molecule has 0 spiro atoms. The van der Waals surface area contributed by atoms with Gasteiger partial charge in [-0.2, -0.15) is 0 Å². The molecule has 1 radical (unpaired) electrons. The number of nitrogens with one attached hydrogen (secondary N) is 1. The molecule has 1 heterocycles. The maximum Gasteiger partial charge on any atom is 0.267 e. The number of nitrogens with two attached hydrogens (primary N) is 2. The average molecular weight is 387 g/mol. The molecule has 0 saturated heterocycles. The number of carbonyl (C=O) groups excluding carboxylic acids is 2. The smallest absolute Gasteiger partial charge is 0.267 e. The zero-order chi connectivity index (χ0) is 20.3. The van der Waals surface area contributed by atoms with Crippen molar-refractivity contribution in [2.45, 2.75) is 13.0 Å². The van der Waals surface area contributed by atoms with Crippen molar-refractivity contribution < 1.29 is 31.5 Å². The lowest BCUT2D eigenvalue weighted by Gasteiger charge is -2.10. The van der Waals surface area contributed by atoms with Crippen LogP contribution in [0.2, 0.25) is 0 Å². The number of pyridine rings is 1. The second kappa shape index (κ2) is 7.98. The number of rotatable bonds is 6. The molecule has 0 fully saturated rings. The van der Waals surface area contributed by atoms with Gasteiger partial charge in [0.1, 0.15) is 11.5 Å². The van der Waals surface area contributed by atoms with Crippen LogP contribution in [0.5, 0.6) is 0 Å². The number of hydrogen-bond donors (Lipinski definition) is 3. The zero-order valence-corrected chi connectivity index (χ0v) is 13.5. The van der Waals surface area contributed by atoms with Crippen molar-refractivity contribution in [3.63, 3.8) is 0 Å². The first-order valence-electron chi connectivity index (χ1n) is 7.30. The minimum Gasteiger partial charge on any atom is -0.384 e. The third-order valence-corrected chi connectivity index (χ3v) is 3.48. The van der Waals surface area contributed by atoms with Crippen LogP contribution in [0, 0.1) is 35.5 Å². The van der Waals surface area contributed by atoms with Gasteiger partial charge in [-0.05, 0) is 12.5 Å². The standard InChI is InChI=1S/C16H12F5N4O2/c17-10-7(11(18)13(20)14(21)12(10)19)2-4-9(26)24-5-6-1-3-8(22)25-15(6)16(23)27/h1,3-4H,2,5H2,(H2,22,25)(H2,23,27)(H,24,26). The van der Waals surface area contributed by atoms with Crippen molar-refractivity contribution in [2.75, 3.05) is 5.73 Å². The minimum absolute atomic E-state index is 0.0248. The van der Waals surface area contributed by atoms with Crippen molar-refractivity contribution in [3.05, 3.63) is 64.5 Å². The summed E-state index contributed by atoms with van der Waals surface area (Å²) in [7, 11) is 0. The Kier molecular flexibility index (Phi) is 5.93. The first-order valence-corrected chi connectivity index (χ1v) is 7.30. The summed E-state index contributed by atoms with van der Waals surface area (Å²) in [4.78, 5) is 26.8. The molecule has 0 bridgehead atoms. The molecule has 2 rings (SSSR count). The van der Waals surface area contributed by atoms with E-state index in [2.05, 4.69) is 10.3 Å². The highest BCUT2D eigenvalue weighted by Crippen LogP contribution is 2.23. The van der Waals surface area contributed by atoms with E-state index in [4.69, 9.17) is 11.5 Å². The molecule has 0 aliphatic carbocycles. The summed E-state index contributed by atoms with van der Waals surface area (Å²) < 4.78 is 66.3. The zero-order valence-electron chi connectivity index (χ0n) is 13.5. The Balaban J connectivity index is 2.06. The van der Waals surface area contributed by atoms with Gasteiger partial charge in [0, 0.05) is 17.7 Å². The number of halogens is 5. The molecular weight excluding hydrogens is 375 g/mol. The number of nitrogens with zero attached hydrogens (tertiary/aromatic N) is 1. The first kappa shape index (κ1) is 20.1. The number of hydrogen-bond acceptors (Lipinski definition) is 4. The van der Waals surface area contributed by atoms with Crippen molar-refractivity contribution >= 4 is 17.6 Å². The van der Waals surface area contributed by atoms with Crippen LogP contribution in [0.15, 0.2) is 12.1 Å². The quantitative estimate of drug-likeness (QED) is 0.396. The molecule has 143 valence electrons. The van der Waals surface area contributed by atoms with Gasteiger partial charge >= 0.3 is 0 Å². The highest BCUT2D eigenvalue weighted by molar-refractivity contribution is 5.93. The van der Waals surface area contributed by atoms with Crippen LogP contribution in [-0.4, -0.2) is 16.8 Å². The maximum absolute atomic E-state index is 13.5. The summed E-state index contributed by atoms with van der Waals surface area (Å²) >= 11 is 0. The Bertz CT molecular complexity index is 891. The fourth-order valence-electron chi connectivity index (χ4n) is 2.14. The van der Waals surface area contributed by atoms with Gasteiger partial charge in [0.25, 0.3) is 5.91 Å². The van der Waals surface area contributed by atoms with Crippen LogP contribution in [0.3, 0.4) is 0 Å². The molecule has 6 nitrogen and oxygen atoms in total. The molecule has 27 heavy (non-hydrogen) atoms. The predicted molar refractivity (Wildman–Crippen MR) is 83.3 cm³/mol. The molecular formula is C16H12F5N4O2. The van der Waals surface area contributed by atoms with Gasteiger partial charge < -0.3 is 16.8 Å². The van der Waals surface area contributed by atoms with Crippen LogP contribution in [-0.2, 0) is 17.8 Å². The van der Waals surface area contributed by atoms with Gasteiger partial charge in [-0.3, -0.25) is 9.59 Å². The van der Waals surface area contributed by atoms with E-state index in [1.165, 1.54) is 12.1 Å². The lowest BCUT2D eigenvalue weighted by atomic mass is 10.1. The van der Waals surface area contributed by atoms with Crippen molar-refractivity contribution in [1.82, 2.24) is 10.3 Å². The number of benzene rings is 1. The second-order valence-corrected chi connectivity index (χ2v) is 5.28. The molecule has 1 aromatic carbocycles. The Morgan fingerprint density at radius 1 is 1.00 bits per heavy atom. The fraction of sp³-hybridized carbons (Fsp3) is 0.125. The van der Waals surface area contributed by atoms with E-state index in [9.17, 15) is 31.5 Å². The Hall–Kier alpha value is -3.24. The van der Waals surface area contributed by atoms with Gasteiger partial charge in [0.15, 0.2) is 23.3 Å². The molecule has 2 amide bonds. The number of carbonyl (C=O) groups is 2. The van der Waals surface area contributed by atoms with Crippen LogP contribution in [0.4, 0.5) is 27.8 Å². The molecule has 0 aliphatic heterocycles. The van der Waals surface area contributed by atoms with E-state index in [0.717, 1.165) is 0 Å². The third-order valence-electron chi connectivity index (χ3n) is 3.48. The van der Waals surface area contributed by atoms with Gasteiger partial charge in [-0.25, -0.2) is 26.9 Å². The summed E-state index contributed by atoms with van der Waals surface area (Å²) in [6.45, 7) is -0.238. The van der Waals surface area contributed by atoms with E-state index < -0.39 is 52.9 Å². The van der Waals surface area contributed by atoms with Gasteiger partial charge in [-0.15, -0.1) is 0 Å².